The minimum atomic E-state index is -4.62. The number of nitrogens with one attached hydrogen (secondary N) is 1. The maximum atomic E-state index is 12.5. The molecule has 14 heteroatoms. The van der Waals surface area contributed by atoms with E-state index in [9.17, 15) is 32.7 Å². The van der Waals surface area contributed by atoms with Gasteiger partial charge in [-0.15, -0.1) is 23.1 Å². The van der Waals surface area contributed by atoms with Gasteiger partial charge in [0, 0.05) is 24.3 Å². The number of carboxylic acid groups (broad SMARTS) is 1. The standard InChI is InChI=1S/C16H14F3N5O4S2/c1-21-8(7-5-30-15(20)22-7)11(25)23-9-12(26)24-10(14(27)28)6(4-29-13(9)24)2-3-16(17,18)19/h2-3,5,9,13H,4H2,1H3,(H2,20,22)(H,23,25)(H,27,28)/b3-2+,21-8+/t9?,13-/m1/s1. The number of aromatic nitrogens is 1. The van der Waals surface area contributed by atoms with E-state index in [0.717, 1.165) is 28.0 Å². The van der Waals surface area contributed by atoms with Crippen LogP contribution in [0.15, 0.2) is 33.8 Å². The van der Waals surface area contributed by atoms with Crippen LogP contribution in [0.2, 0.25) is 0 Å². The molecule has 1 saturated heterocycles. The first-order chi connectivity index (χ1) is 14.0. The SMILES string of the molecule is C/N=C(/C(=O)NC1C(=O)N2C(C(=O)O)=C(/C=C/C(F)(F)F)CS[C@H]12)c1csc(N)n1. The van der Waals surface area contributed by atoms with Gasteiger partial charge < -0.3 is 16.2 Å². The highest BCUT2D eigenvalue weighted by molar-refractivity contribution is 8.00. The number of β-lactam (4-membered cyclic amide) rings is 1. The number of aliphatic imine (C=N–C) groups is 1. The van der Waals surface area contributed by atoms with Crippen molar-refractivity contribution < 1.29 is 32.7 Å². The molecule has 1 fully saturated rings. The minimum Gasteiger partial charge on any atom is -0.477 e. The molecule has 30 heavy (non-hydrogen) atoms. The normalized spacial score (nSPS) is 22.2. The molecule has 0 spiro atoms. The fourth-order valence-corrected chi connectivity index (χ4v) is 4.77. The van der Waals surface area contributed by atoms with Crippen LogP contribution in [0.4, 0.5) is 18.3 Å². The first-order valence-electron chi connectivity index (χ1n) is 8.19. The van der Waals surface area contributed by atoms with Crippen molar-refractivity contribution in [3.8, 4) is 0 Å². The number of hydrogen-bond donors (Lipinski definition) is 3. The number of amides is 2. The fraction of sp³-hybridized carbons (Fsp3) is 0.312. The van der Waals surface area contributed by atoms with Crippen LogP contribution < -0.4 is 11.1 Å². The van der Waals surface area contributed by atoms with Crippen molar-refractivity contribution in [3.63, 3.8) is 0 Å². The summed E-state index contributed by atoms with van der Waals surface area (Å²) >= 11 is 2.14. The topological polar surface area (TPSA) is 138 Å². The van der Waals surface area contributed by atoms with E-state index in [-0.39, 0.29) is 33.9 Å². The number of allylic oxidation sites excluding steroid dienone is 2. The molecule has 0 aromatic carbocycles. The predicted molar refractivity (Wildman–Crippen MR) is 104 cm³/mol. The molecule has 2 atom stereocenters. The maximum Gasteiger partial charge on any atom is 0.409 e. The lowest BCUT2D eigenvalue weighted by atomic mass is 10.0. The minimum absolute atomic E-state index is 0.0576. The summed E-state index contributed by atoms with van der Waals surface area (Å²) in [5.41, 5.74) is 5.03. The zero-order valence-corrected chi connectivity index (χ0v) is 16.8. The smallest absolute Gasteiger partial charge is 0.409 e. The molecule has 0 bridgehead atoms. The molecular weight excluding hydrogens is 447 g/mol. The summed E-state index contributed by atoms with van der Waals surface area (Å²) in [7, 11) is 1.36. The Morgan fingerprint density at radius 2 is 2.17 bits per heavy atom. The van der Waals surface area contributed by atoms with E-state index < -0.39 is 41.1 Å². The average Bonchev–Trinajstić information content (AvgIpc) is 3.09. The van der Waals surface area contributed by atoms with Gasteiger partial charge in [-0.2, -0.15) is 13.2 Å². The average molecular weight is 461 g/mol. The summed E-state index contributed by atoms with van der Waals surface area (Å²) < 4.78 is 37.3. The van der Waals surface area contributed by atoms with Gasteiger partial charge in [0.15, 0.2) is 5.13 Å². The number of fused-ring (bicyclic) bond motifs is 1. The lowest BCUT2D eigenvalue weighted by molar-refractivity contribution is -0.150. The molecule has 9 nitrogen and oxygen atoms in total. The number of thiazole rings is 1. The van der Waals surface area contributed by atoms with E-state index in [2.05, 4.69) is 15.3 Å². The van der Waals surface area contributed by atoms with Gasteiger partial charge in [-0.05, 0) is 5.57 Å². The molecule has 0 aliphatic carbocycles. The van der Waals surface area contributed by atoms with E-state index in [1.165, 1.54) is 12.4 Å². The van der Waals surface area contributed by atoms with Crippen LogP contribution in [-0.2, 0) is 14.4 Å². The third kappa shape index (κ3) is 4.18. The van der Waals surface area contributed by atoms with E-state index >= 15 is 0 Å². The van der Waals surface area contributed by atoms with Crippen LogP contribution in [0.1, 0.15) is 5.69 Å². The van der Waals surface area contributed by atoms with E-state index in [4.69, 9.17) is 5.73 Å². The number of nitrogen functional groups attached to an aromatic ring is 1. The van der Waals surface area contributed by atoms with E-state index in [1.54, 1.807) is 0 Å². The Morgan fingerprint density at radius 3 is 2.70 bits per heavy atom. The molecule has 0 radical (unpaired) electrons. The van der Waals surface area contributed by atoms with E-state index in [0.29, 0.717) is 6.08 Å². The molecular formula is C16H14F3N5O4S2. The van der Waals surface area contributed by atoms with Crippen molar-refractivity contribution in [2.75, 3.05) is 18.5 Å². The molecule has 160 valence electrons. The molecule has 1 aromatic heterocycles. The molecule has 4 N–H and O–H groups in total. The third-order valence-electron chi connectivity index (χ3n) is 4.16. The molecule has 2 amide bonds. The van der Waals surface area contributed by atoms with Crippen LogP contribution in [-0.4, -0.2) is 68.9 Å². The Morgan fingerprint density at radius 1 is 1.47 bits per heavy atom. The van der Waals surface area contributed by atoms with Crippen LogP contribution in [0.5, 0.6) is 0 Å². The Bertz CT molecular complexity index is 1000. The summed E-state index contributed by atoms with van der Waals surface area (Å²) in [6.07, 6.45) is -4.07. The summed E-state index contributed by atoms with van der Waals surface area (Å²) in [5.74, 6) is -3.06. The molecule has 2 aliphatic rings. The van der Waals surface area contributed by atoms with Crippen molar-refractivity contribution >= 4 is 51.7 Å². The highest BCUT2D eigenvalue weighted by atomic mass is 32.2. The fourth-order valence-electron chi connectivity index (χ4n) is 2.90. The summed E-state index contributed by atoms with van der Waals surface area (Å²) in [6, 6.07) is -1.06. The lowest BCUT2D eigenvalue weighted by Gasteiger charge is -2.49. The van der Waals surface area contributed by atoms with Crippen molar-refractivity contribution in [3.05, 3.63) is 34.5 Å². The van der Waals surface area contributed by atoms with Gasteiger partial charge >= 0.3 is 12.1 Å². The third-order valence-corrected chi connectivity index (χ3v) is 6.14. The maximum absolute atomic E-state index is 12.5. The highest BCUT2D eigenvalue weighted by Gasteiger charge is 2.54. The number of rotatable bonds is 5. The first kappa shape index (κ1) is 21.8. The number of halogens is 3. The number of carboxylic acids is 1. The number of thioether (sulfide) groups is 1. The highest BCUT2D eigenvalue weighted by Crippen LogP contribution is 2.41. The van der Waals surface area contributed by atoms with Crippen molar-refractivity contribution in [2.45, 2.75) is 17.6 Å². The van der Waals surface area contributed by atoms with Crippen LogP contribution in [0, 0.1) is 0 Å². The first-order valence-corrected chi connectivity index (χ1v) is 10.1. The summed E-state index contributed by atoms with van der Waals surface area (Å²) in [5, 5.41) is 12.9. The molecule has 1 aromatic rings. The van der Waals surface area contributed by atoms with Crippen molar-refractivity contribution in [1.82, 2.24) is 15.2 Å². The summed E-state index contributed by atoms with van der Waals surface area (Å²) in [4.78, 5) is 45.3. The van der Waals surface area contributed by atoms with Gasteiger partial charge in [-0.25, -0.2) is 9.78 Å². The number of nitrogens with zero attached hydrogens (tertiary/aromatic N) is 3. The molecule has 0 saturated carbocycles. The van der Waals surface area contributed by atoms with E-state index in [1.807, 2.05) is 0 Å². The molecule has 3 heterocycles. The van der Waals surface area contributed by atoms with Crippen molar-refractivity contribution in [1.29, 1.82) is 0 Å². The lowest BCUT2D eigenvalue weighted by Crippen LogP contribution is -2.71. The van der Waals surface area contributed by atoms with Crippen LogP contribution >= 0.6 is 23.1 Å². The number of nitrogens with two attached hydrogens (primary N) is 1. The number of alkyl halides is 3. The van der Waals surface area contributed by atoms with Gasteiger partial charge in [-0.3, -0.25) is 19.5 Å². The quantitative estimate of drug-likeness (QED) is 0.439. The number of aliphatic carboxylic acids is 1. The van der Waals surface area contributed by atoms with Crippen LogP contribution in [0.3, 0.4) is 0 Å². The van der Waals surface area contributed by atoms with Crippen molar-refractivity contribution in [2.24, 2.45) is 4.99 Å². The predicted octanol–water partition coefficient (Wildman–Crippen LogP) is 1.00. The van der Waals surface area contributed by atoms with Gasteiger partial charge in [0.05, 0.1) is 0 Å². The van der Waals surface area contributed by atoms with Gasteiger partial charge in [0.1, 0.15) is 28.5 Å². The zero-order chi connectivity index (χ0) is 22.2. The number of carbonyl (C=O) groups is 3. The monoisotopic (exact) mass is 461 g/mol. The second-order valence-corrected chi connectivity index (χ2v) is 8.05. The largest absolute Gasteiger partial charge is 0.477 e. The van der Waals surface area contributed by atoms with Gasteiger partial charge in [-0.1, -0.05) is 6.08 Å². The number of anilines is 1. The van der Waals surface area contributed by atoms with Gasteiger partial charge in [0.25, 0.3) is 11.8 Å². The summed E-state index contributed by atoms with van der Waals surface area (Å²) in [6.45, 7) is 0. The Labute approximate surface area is 175 Å². The second-order valence-electron chi connectivity index (χ2n) is 6.06. The molecule has 3 rings (SSSR count). The Hall–Kier alpha value is -2.87. The Kier molecular flexibility index (Phi) is 5.90. The second kappa shape index (κ2) is 8.10. The van der Waals surface area contributed by atoms with Gasteiger partial charge in [0.2, 0.25) is 0 Å². The molecule has 2 aliphatic heterocycles. The zero-order valence-electron chi connectivity index (χ0n) is 15.1. The molecule has 1 unspecified atom stereocenters. The number of carbonyl (C=O) groups excluding carboxylic acids is 2. The van der Waals surface area contributed by atoms with Crippen LogP contribution in [0.25, 0.3) is 0 Å². The Balaban J connectivity index is 1.79. The number of hydrogen-bond acceptors (Lipinski definition) is 8.